The van der Waals surface area contributed by atoms with Gasteiger partial charge in [-0.2, -0.15) is 0 Å². The minimum atomic E-state index is -3.95. The van der Waals surface area contributed by atoms with Crippen LogP contribution in [0.1, 0.15) is 26.7 Å². The van der Waals surface area contributed by atoms with Gasteiger partial charge in [0.2, 0.25) is 0 Å². The monoisotopic (exact) mass is 224 g/mol. The smallest absolute Gasteiger partial charge is 0.325 e. The van der Waals surface area contributed by atoms with Crippen molar-refractivity contribution in [2.24, 2.45) is 5.92 Å². The fraction of sp³-hybridized carbons (Fsp3) is 0.875. The molecule has 84 valence electrons. The average Bonchev–Trinajstić information content (AvgIpc) is 2.09. The van der Waals surface area contributed by atoms with Crippen molar-refractivity contribution in [3.63, 3.8) is 0 Å². The Hall–Kier alpha value is -0.380. The van der Waals surface area contributed by atoms with Crippen molar-refractivity contribution in [1.82, 2.24) is 0 Å². The predicted molar refractivity (Wildman–Crippen MR) is 51.9 cm³/mol. The highest BCUT2D eigenvalue weighted by molar-refractivity contribution is 7.51. The zero-order valence-corrected chi connectivity index (χ0v) is 9.37. The van der Waals surface area contributed by atoms with Gasteiger partial charge in [-0.3, -0.25) is 9.36 Å². The topological polar surface area (TPSA) is 83.8 Å². The number of carbonyl (C=O) groups excluding carboxylic acids is 1. The molecular weight excluding hydrogens is 207 g/mol. The first-order chi connectivity index (χ1) is 6.37. The lowest BCUT2D eigenvalue weighted by atomic mass is 10.1. The fourth-order valence-corrected chi connectivity index (χ4v) is 1.29. The largest absolute Gasteiger partial charge is 0.465 e. The van der Waals surface area contributed by atoms with Gasteiger partial charge < -0.3 is 14.5 Å². The van der Waals surface area contributed by atoms with E-state index in [9.17, 15) is 9.36 Å². The first kappa shape index (κ1) is 13.6. The summed E-state index contributed by atoms with van der Waals surface area (Å²) in [5.74, 6) is -0.455. The summed E-state index contributed by atoms with van der Waals surface area (Å²) in [5.41, 5.74) is 0. The van der Waals surface area contributed by atoms with Crippen molar-refractivity contribution in [2.45, 2.75) is 26.7 Å². The first-order valence-electron chi connectivity index (χ1n) is 4.58. The molecule has 5 nitrogen and oxygen atoms in total. The molecule has 1 unspecified atom stereocenters. The highest BCUT2D eigenvalue weighted by Gasteiger charge is 2.14. The van der Waals surface area contributed by atoms with Crippen LogP contribution in [0.15, 0.2) is 0 Å². The molecule has 0 aliphatic carbocycles. The quantitative estimate of drug-likeness (QED) is 0.401. The fourth-order valence-electron chi connectivity index (χ4n) is 0.752. The third-order valence-electron chi connectivity index (χ3n) is 1.85. The Balaban J connectivity index is 3.55. The molecular formula is C8H17O5P. The van der Waals surface area contributed by atoms with Gasteiger partial charge in [0.05, 0.1) is 18.7 Å². The molecule has 14 heavy (non-hydrogen) atoms. The number of hydrogen-bond donors (Lipinski definition) is 2. The lowest BCUT2D eigenvalue weighted by Crippen LogP contribution is -2.15. The average molecular weight is 224 g/mol. The van der Waals surface area contributed by atoms with Crippen molar-refractivity contribution in [3.05, 3.63) is 0 Å². The number of rotatable bonds is 6. The van der Waals surface area contributed by atoms with Crippen LogP contribution in [-0.2, 0) is 14.1 Å². The number of esters is 1. The summed E-state index contributed by atoms with van der Waals surface area (Å²) in [5, 5.41) is 0. The number of hydrogen-bond acceptors (Lipinski definition) is 3. The molecule has 0 rings (SSSR count). The van der Waals surface area contributed by atoms with Crippen LogP contribution >= 0.6 is 7.60 Å². The minimum Gasteiger partial charge on any atom is -0.465 e. The Morgan fingerprint density at radius 2 is 2.07 bits per heavy atom. The molecule has 0 aliphatic rings. The summed E-state index contributed by atoms with van der Waals surface area (Å²) in [7, 11) is -3.95. The van der Waals surface area contributed by atoms with E-state index >= 15 is 0 Å². The van der Waals surface area contributed by atoms with Crippen molar-refractivity contribution < 1.29 is 23.9 Å². The van der Waals surface area contributed by atoms with Crippen LogP contribution in [-0.4, -0.2) is 28.5 Å². The molecule has 0 saturated carbocycles. The molecule has 0 amide bonds. The van der Waals surface area contributed by atoms with Gasteiger partial charge in [0.1, 0.15) is 0 Å². The molecule has 0 fully saturated rings. The van der Waals surface area contributed by atoms with Crippen LogP contribution in [0.4, 0.5) is 0 Å². The second kappa shape index (κ2) is 6.17. The normalized spacial score (nSPS) is 13.7. The van der Waals surface area contributed by atoms with Gasteiger partial charge in [0.15, 0.2) is 0 Å². The van der Waals surface area contributed by atoms with Gasteiger partial charge >= 0.3 is 13.6 Å². The van der Waals surface area contributed by atoms with E-state index in [-0.39, 0.29) is 31.1 Å². The highest BCUT2D eigenvalue weighted by Crippen LogP contribution is 2.34. The lowest BCUT2D eigenvalue weighted by Gasteiger charge is -2.09. The van der Waals surface area contributed by atoms with E-state index in [1.54, 1.807) is 6.92 Å². The Labute approximate surface area is 83.6 Å². The summed E-state index contributed by atoms with van der Waals surface area (Å²) in [4.78, 5) is 28.1. The van der Waals surface area contributed by atoms with Crippen molar-refractivity contribution in [1.29, 1.82) is 0 Å². The molecule has 0 aromatic heterocycles. The zero-order chi connectivity index (χ0) is 11.2. The predicted octanol–water partition coefficient (Wildman–Crippen LogP) is 1.14. The van der Waals surface area contributed by atoms with Crippen LogP contribution < -0.4 is 0 Å². The van der Waals surface area contributed by atoms with Crippen molar-refractivity contribution in [3.8, 4) is 0 Å². The maximum atomic E-state index is 11.1. The third kappa shape index (κ3) is 7.06. The second-order valence-electron chi connectivity index (χ2n) is 3.22. The van der Waals surface area contributed by atoms with E-state index in [1.165, 1.54) is 0 Å². The Morgan fingerprint density at radius 1 is 1.50 bits per heavy atom. The Bertz CT molecular complexity index is 222. The van der Waals surface area contributed by atoms with E-state index in [2.05, 4.69) is 0 Å². The molecule has 1 atom stereocenters. The molecule has 0 radical (unpaired) electrons. The van der Waals surface area contributed by atoms with E-state index < -0.39 is 7.60 Å². The highest BCUT2D eigenvalue weighted by atomic mass is 31.2. The van der Waals surface area contributed by atoms with E-state index in [1.807, 2.05) is 6.92 Å². The summed E-state index contributed by atoms with van der Waals surface area (Å²) in [6.45, 7) is 3.71. The molecule has 0 spiro atoms. The van der Waals surface area contributed by atoms with Crippen LogP contribution in [0.5, 0.6) is 0 Å². The van der Waals surface area contributed by atoms with E-state index in [0.717, 1.165) is 0 Å². The number of carbonyl (C=O) groups is 1. The van der Waals surface area contributed by atoms with Crippen LogP contribution in [0, 0.1) is 5.92 Å². The number of ether oxygens (including phenoxy) is 1. The van der Waals surface area contributed by atoms with Gasteiger partial charge in [-0.1, -0.05) is 13.8 Å². The van der Waals surface area contributed by atoms with Crippen molar-refractivity contribution >= 4 is 13.6 Å². The molecule has 0 aromatic rings. The van der Waals surface area contributed by atoms with Gasteiger partial charge in [0.25, 0.3) is 0 Å². The molecule has 2 N–H and O–H groups in total. The van der Waals surface area contributed by atoms with Gasteiger partial charge in [0, 0.05) is 0 Å². The summed E-state index contributed by atoms with van der Waals surface area (Å²) >= 11 is 0. The maximum Gasteiger partial charge on any atom is 0.325 e. The van der Waals surface area contributed by atoms with Gasteiger partial charge in [-0.25, -0.2) is 0 Å². The minimum absolute atomic E-state index is 0.0777. The lowest BCUT2D eigenvalue weighted by molar-refractivity contribution is -0.148. The maximum absolute atomic E-state index is 11.1. The Morgan fingerprint density at radius 3 is 2.50 bits per heavy atom. The van der Waals surface area contributed by atoms with Crippen LogP contribution in [0.25, 0.3) is 0 Å². The molecule has 0 saturated heterocycles. The standard InChI is InChI=1S/C8H17O5P/c1-3-7(2)8(9)13-5-4-6-14(10,11)12/h7H,3-6H2,1-2H3,(H2,10,11,12). The molecule has 0 heterocycles. The summed E-state index contributed by atoms with van der Waals surface area (Å²) in [6.07, 6.45) is 0.671. The van der Waals surface area contributed by atoms with Gasteiger partial charge in [-0.15, -0.1) is 0 Å². The molecule has 6 heteroatoms. The third-order valence-corrected chi connectivity index (χ3v) is 2.75. The Kier molecular flexibility index (Phi) is 6.00. The SMILES string of the molecule is CCC(C)C(=O)OCCCP(=O)(O)O. The van der Waals surface area contributed by atoms with Crippen molar-refractivity contribution in [2.75, 3.05) is 12.8 Å². The second-order valence-corrected chi connectivity index (χ2v) is 5.00. The molecule has 0 bridgehead atoms. The zero-order valence-electron chi connectivity index (χ0n) is 8.47. The van der Waals surface area contributed by atoms with E-state index in [0.29, 0.717) is 6.42 Å². The molecule has 0 aromatic carbocycles. The van der Waals surface area contributed by atoms with E-state index in [4.69, 9.17) is 14.5 Å². The summed E-state index contributed by atoms with van der Waals surface area (Å²) in [6, 6.07) is 0. The van der Waals surface area contributed by atoms with Crippen LogP contribution in [0.2, 0.25) is 0 Å². The van der Waals surface area contributed by atoms with Crippen LogP contribution in [0.3, 0.4) is 0 Å². The first-order valence-corrected chi connectivity index (χ1v) is 6.37. The summed E-state index contributed by atoms with van der Waals surface area (Å²) < 4.78 is 15.2. The molecule has 0 aliphatic heterocycles. The van der Waals surface area contributed by atoms with Gasteiger partial charge in [-0.05, 0) is 12.8 Å².